The second kappa shape index (κ2) is 9.93. The van der Waals surface area contributed by atoms with Crippen LogP contribution in [0, 0.1) is 0 Å². The molecule has 40 heavy (non-hydrogen) atoms. The van der Waals surface area contributed by atoms with Gasteiger partial charge in [-0.3, -0.25) is 9.59 Å². The van der Waals surface area contributed by atoms with Crippen LogP contribution in [0.25, 0.3) is 22.0 Å². The topological polar surface area (TPSA) is 65.5 Å². The summed E-state index contributed by atoms with van der Waals surface area (Å²) >= 11 is 0. The van der Waals surface area contributed by atoms with Crippen LogP contribution in [0.2, 0.25) is 0 Å². The van der Waals surface area contributed by atoms with Crippen molar-refractivity contribution in [3.05, 3.63) is 137 Å². The quantitative estimate of drug-likeness (QED) is 0.230. The maximum absolute atomic E-state index is 15.0. The summed E-state index contributed by atoms with van der Waals surface area (Å²) in [5.74, 6) is 0.990. The maximum Gasteiger partial charge on any atom is 0.196 e. The van der Waals surface area contributed by atoms with Crippen molar-refractivity contribution < 1.29 is 19.1 Å². The lowest BCUT2D eigenvalue weighted by Gasteiger charge is -2.31. The molecule has 0 unspecified atom stereocenters. The first-order valence-corrected chi connectivity index (χ1v) is 13.0. The number of fused-ring (bicyclic) bond motifs is 2. The number of carbonyl (C=O) groups is 2. The Balaban J connectivity index is 1.61. The van der Waals surface area contributed by atoms with E-state index in [0.29, 0.717) is 39.5 Å². The van der Waals surface area contributed by atoms with E-state index in [2.05, 4.69) is 0 Å². The molecule has 6 rings (SSSR count). The van der Waals surface area contributed by atoms with Crippen LogP contribution in [-0.4, -0.2) is 30.8 Å². The molecule has 0 spiro atoms. The van der Waals surface area contributed by atoms with Gasteiger partial charge in [0.15, 0.2) is 11.6 Å². The molecule has 4 aromatic carbocycles. The van der Waals surface area contributed by atoms with Gasteiger partial charge in [-0.25, -0.2) is 4.98 Å². The fourth-order valence-corrected chi connectivity index (χ4v) is 5.50. The number of benzene rings is 4. The van der Waals surface area contributed by atoms with Gasteiger partial charge in [0.1, 0.15) is 11.5 Å². The molecule has 1 aliphatic rings. The van der Waals surface area contributed by atoms with Crippen molar-refractivity contribution in [3.8, 4) is 11.5 Å². The second-order valence-corrected chi connectivity index (χ2v) is 9.93. The van der Waals surface area contributed by atoms with E-state index in [-0.39, 0.29) is 11.6 Å². The molecule has 0 bridgehead atoms. The van der Waals surface area contributed by atoms with E-state index in [1.807, 2.05) is 110 Å². The minimum atomic E-state index is -1.13. The van der Waals surface area contributed by atoms with Crippen LogP contribution in [0.3, 0.4) is 0 Å². The molecule has 0 fully saturated rings. The second-order valence-electron chi connectivity index (χ2n) is 9.93. The number of carbonyl (C=O) groups excluding carboxylic acids is 2. The molecule has 1 aromatic heterocycles. The number of methoxy groups -OCH3 is 2. The normalized spacial score (nSPS) is 12.9. The number of pyridine rings is 1. The average molecular weight is 526 g/mol. The molecule has 0 N–H and O–H groups in total. The number of Topliss-reactive ketones (excluding diaryl/α,β-unsaturated/α-hetero) is 2. The Morgan fingerprint density at radius 3 is 1.82 bits per heavy atom. The highest BCUT2D eigenvalue weighted by atomic mass is 16.5. The number of ketones is 2. The lowest BCUT2D eigenvalue weighted by molar-refractivity contribution is -0.117. The largest absolute Gasteiger partial charge is 0.497 e. The van der Waals surface area contributed by atoms with E-state index >= 15 is 4.79 Å². The van der Waals surface area contributed by atoms with Crippen molar-refractivity contribution in [2.24, 2.45) is 0 Å². The number of hydrogen-bond acceptors (Lipinski definition) is 5. The van der Waals surface area contributed by atoms with Gasteiger partial charge in [-0.2, -0.15) is 0 Å². The van der Waals surface area contributed by atoms with Crippen molar-refractivity contribution in [1.82, 2.24) is 4.98 Å². The molecule has 0 saturated carbocycles. The van der Waals surface area contributed by atoms with E-state index in [0.717, 1.165) is 22.0 Å². The lowest BCUT2D eigenvalue weighted by atomic mass is 9.69. The van der Waals surface area contributed by atoms with Crippen LogP contribution in [-0.2, 0) is 10.2 Å². The molecule has 0 amide bonds. The summed E-state index contributed by atoms with van der Waals surface area (Å²) < 4.78 is 10.8. The fourth-order valence-electron chi connectivity index (χ4n) is 5.50. The number of allylic oxidation sites excluding steroid dienone is 2. The number of hydrogen-bond donors (Lipinski definition) is 0. The number of nitrogens with zero attached hydrogens (tertiary/aromatic N) is 1. The van der Waals surface area contributed by atoms with E-state index in [4.69, 9.17) is 14.5 Å². The molecule has 0 aliphatic heterocycles. The van der Waals surface area contributed by atoms with Gasteiger partial charge >= 0.3 is 0 Å². The zero-order chi connectivity index (χ0) is 27.9. The minimum absolute atomic E-state index is 0.189. The van der Waals surface area contributed by atoms with Crippen LogP contribution < -0.4 is 9.47 Å². The molecular weight excluding hydrogens is 498 g/mol. The van der Waals surface area contributed by atoms with E-state index in [1.54, 1.807) is 20.3 Å². The van der Waals surface area contributed by atoms with E-state index in [1.165, 1.54) is 0 Å². The van der Waals surface area contributed by atoms with Crippen LogP contribution in [0.5, 0.6) is 11.5 Å². The first-order valence-electron chi connectivity index (χ1n) is 13.0. The molecule has 196 valence electrons. The predicted octanol–water partition coefficient (Wildman–Crippen LogP) is 6.93. The first-order chi connectivity index (χ1) is 19.5. The first kappa shape index (κ1) is 25.3. The van der Waals surface area contributed by atoms with Crippen molar-refractivity contribution in [2.45, 2.75) is 12.3 Å². The summed E-state index contributed by atoms with van der Waals surface area (Å²) in [5, 5.41) is 0.962. The van der Waals surface area contributed by atoms with E-state index in [9.17, 15) is 4.79 Å². The summed E-state index contributed by atoms with van der Waals surface area (Å²) in [5.41, 5.74) is 3.48. The Hall–Kier alpha value is -5.03. The van der Waals surface area contributed by atoms with Gasteiger partial charge < -0.3 is 9.47 Å². The zero-order valence-corrected chi connectivity index (χ0v) is 22.5. The third kappa shape index (κ3) is 3.98. The fraction of sp³-hybridized carbons (Fsp3) is 0.114. The minimum Gasteiger partial charge on any atom is -0.497 e. The Bertz CT molecular complexity index is 1750. The summed E-state index contributed by atoms with van der Waals surface area (Å²) in [6.45, 7) is 1.91. The predicted molar refractivity (Wildman–Crippen MR) is 157 cm³/mol. The number of rotatable bonds is 7. The van der Waals surface area contributed by atoms with Crippen molar-refractivity contribution in [2.75, 3.05) is 14.2 Å². The molecule has 0 radical (unpaired) electrons. The number of ether oxygens (including phenoxy) is 2. The lowest BCUT2D eigenvalue weighted by Crippen LogP contribution is -2.35. The highest BCUT2D eigenvalue weighted by Crippen LogP contribution is 2.45. The number of aromatic nitrogens is 1. The van der Waals surface area contributed by atoms with Crippen LogP contribution in [0.1, 0.15) is 39.7 Å². The monoisotopic (exact) mass is 525 g/mol. The zero-order valence-electron chi connectivity index (χ0n) is 22.5. The van der Waals surface area contributed by atoms with Gasteiger partial charge in [-0.15, -0.1) is 0 Å². The van der Waals surface area contributed by atoms with Crippen LogP contribution >= 0.6 is 0 Å². The summed E-state index contributed by atoms with van der Waals surface area (Å²) in [6.07, 6.45) is 0. The van der Waals surface area contributed by atoms with Crippen LogP contribution in [0.15, 0.2) is 109 Å². The van der Waals surface area contributed by atoms with Gasteiger partial charge in [0, 0.05) is 16.5 Å². The third-order valence-electron chi connectivity index (χ3n) is 7.79. The number of para-hydroxylation sites is 1. The highest BCUT2D eigenvalue weighted by Gasteiger charge is 2.44. The summed E-state index contributed by atoms with van der Waals surface area (Å²) in [7, 11) is 3.22. The summed E-state index contributed by atoms with van der Waals surface area (Å²) in [6, 6.07) is 33.8. The molecule has 0 atom stereocenters. The molecule has 1 aliphatic carbocycles. The Labute approximate surface area is 232 Å². The van der Waals surface area contributed by atoms with Crippen LogP contribution in [0.4, 0.5) is 0 Å². The van der Waals surface area contributed by atoms with Crippen molar-refractivity contribution in [1.29, 1.82) is 0 Å². The standard InChI is InChI=1S/C35H27NO4/c1-35(23-13-17-25(39-2)18-14-23,24-15-19-26(40-3)20-16-24)34(38)31-27-9-5-6-10-28(27)33(37)32(31)30-21-12-22-8-4-7-11-29(22)36-30/h4-21H,1-3H3. The molecule has 5 aromatic rings. The molecule has 1 heterocycles. The molecule has 0 saturated heterocycles. The highest BCUT2D eigenvalue weighted by molar-refractivity contribution is 6.50. The van der Waals surface area contributed by atoms with Gasteiger partial charge in [0.2, 0.25) is 0 Å². The molecule has 5 nitrogen and oxygen atoms in total. The van der Waals surface area contributed by atoms with Crippen molar-refractivity contribution in [3.63, 3.8) is 0 Å². The Morgan fingerprint density at radius 1 is 0.675 bits per heavy atom. The van der Waals surface area contributed by atoms with Gasteiger partial charge in [-0.1, -0.05) is 72.8 Å². The molecule has 5 heteroatoms. The Morgan fingerprint density at radius 2 is 1.23 bits per heavy atom. The third-order valence-corrected chi connectivity index (χ3v) is 7.79. The van der Waals surface area contributed by atoms with Crippen molar-refractivity contribution >= 4 is 33.6 Å². The van der Waals surface area contributed by atoms with Gasteiger partial charge in [0.05, 0.1) is 36.4 Å². The average Bonchev–Trinajstić information content (AvgIpc) is 3.32. The maximum atomic E-state index is 15.0. The van der Waals surface area contributed by atoms with E-state index < -0.39 is 5.41 Å². The SMILES string of the molecule is COc1ccc(C(C)(C(=O)C2=C(c3ccc4ccccc4n3)C(=O)c3ccccc32)c2ccc(OC)cc2)cc1. The summed E-state index contributed by atoms with van der Waals surface area (Å²) in [4.78, 5) is 33.8. The van der Waals surface area contributed by atoms with Gasteiger partial charge in [-0.05, 0) is 60.0 Å². The van der Waals surface area contributed by atoms with Gasteiger partial charge in [0.25, 0.3) is 0 Å². The smallest absolute Gasteiger partial charge is 0.196 e. The molecular formula is C35H27NO4. The Kier molecular flexibility index (Phi) is 6.27.